The van der Waals surface area contributed by atoms with Crippen molar-refractivity contribution in [2.24, 2.45) is 0 Å². The molecule has 138 valence electrons. The Labute approximate surface area is 152 Å². The summed E-state index contributed by atoms with van der Waals surface area (Å²) in [7, 11) is 0. The van der Waals surface area contributed by atoms with Crippen LogP contribution in [0.4, 0.5) is 0 Å². The summed E-state index contributed by atoms with van der Waals surface area (Å²) in [5, 5.41) is 16.3. The number of carbonyl (C=O) groups excluding carboxylic acids is 1. The third kappa shape index (κ3) is 3.77. The minimum atomic E-state index is -0.816. The molecular weight excluding hydrogens is 332 g/mol. The predicted molar refractivity (Wildman–Crippen MR) is 97.5 cm³/mol. The topological polar surface area (TPSA) is 87.5 Å². The zero-order valence-electron chi connectivity index (χ0n) is 15.1. The molecule has 0 saturated heterocycles. The fourth-order valence-electron chi connectivity index (χ4n) is 3.40. The highest BCUT2D eigenvalue weighted by molar-refractivity contribution is 5.95. The highest BCUT2D eigenvalue weighted by atomic mass is 16.4. The maximum Gasteiger partial charge on any atom is 0.317 e. The second-order valence-electron chi connectivity index (χ2n) is 6.64. The van der Waals surface area contributed by atoms with Crippen LogP contribution in [-0.4, -0.2) is 56.8 Å². The number of likely N-dealkylation sites (N-methyl/N-ethyl adjacent to an activating group) is 1. The van der Waals surface area contributed by atoms with Crippen LogP contribution in [0.25, 0.3) is 5.69 Å². The fraction of sp³-hybridized carbons (Fsp3) is 0.421. The molecule has 1 amide bonds. The lowest BCUT2D eigenvalue weighted by atomic mass is 9.85. The molecule has 2 aromatic rings. The van der Waals surface area contributed by atoms with Gasteiger partial charge in [-0.1, -0.05) is 25.1 Å². The number of carboxylic acids is 1. The first-order valence-electron chi connectivity index (χ1n) is 8.86. The Morgan fingerprint density at radius 3 is 2.62 bits per heavy atom. The maximum absolute atomic E-state index is 12.6. The summed E-state index contributed by atoms with van der Waals surface area (Å²) in [6.45, 7) is 4.58. The van der Waals surface area contributed by atoms with E-state index in [-0.39, 0.29) is 24.5 Å². The van der Waals surface area contributed by atoms with Crippen LogP contribution in [0.1, 0.15) is 35.8 Å². The summed E-state index contributed by atoms with van der Waals surface area (Å²) in [6.07, 6.45) is 3.15. The quantitative estimate of drug-likeness (QED) is 0.790. The lowest BCUT2D eigenvalue weighted by Gasteiger charge is -2.42. The van der Waals surface area contributed by atoms with Crippen molar-refractivity contribution in [1.82, 2.24) is 20.0 Å². The number of amides is 1. The third-order valence-electron chi connectivity index (χ3n) is 4.96. The number of rotatable bonds is 7. The Bertz CT molecular complexity index is 781. The van der Waals surface area contributed by atoms with Crippen LogP contribution in [0.3, 0.4) is 0 Å². The molecule has 0 atom stereocenters. The lowest BCUT2D eigenvalue weighted by Crippen LogP contribution is -2.54. The van der Waals surface area contributed by atoms with E-state index >= 15 is 0 Å². The highest BCUT2D eigenvalue weighted by Crippen LogP contribution is 2.26. The molecule has 26 heavy (non-hydrogen) atoms. The van der Waals surface area contributed by atoms with Crippen LogP contribution in [0.2, 0.25) is 0 Å². The van der Waals surface area contributed by atoms with Crippen molar-refractivity contribution in [3.63, 3.8) is 0 Å². The molecule has 1 fully saturated rings. The molecule has 1 aliphatic carbocycles. The Hall–Kier alpha value is -2.67. The molecule has 0 radical (unpaired) electrons. The van der Waals surface area contributed by atoms with E-state index in [0.29, 0.717) is 12.1 Å². The number of carboxylic acid groups (broad SMARTS) is 1. The van der Waals surface area contributed by atoms with Gasteiger partial charge in [-0.25, -0.2) is 4.68 Å². The summed E-state index contributed by atoms with van der Waals surface area (Å²) >= 11 is 0. The van der Waals surface area contributed by atoms with E-state index in [1.807, 2.05) is 49.1 Å². The second-order valence-corrected chi connectivity index (χ2v) is 6.64. The summed E-state index contributed by atoms with van der Waals surface area (Å²) in [5.74, 6) is -0.947. The molecule has 7 heteroatoms. The normalized spacial score (nSPS) is 19.2. The van der Waals surface area contributed by atoms with Crippen LogP contribution in [0.5, 0.6) is 0 Å². The van der Waals surface area contributed by atoms with Gasteiger partial charge in [0.05, 0.1) is 29.7 Å². The molecule has 1 aliphatic rings. The maximum atomic E-state index is 12.6. The van der Waals surface area contributed by atoms with E-state index in [2.05, 4.69) is 10.4 Å². The van der Waals surface area contributed by atoms with Gasteiger partial charge in [0.1, 0.15) is 0 Å². The van der Waals surface area contributed by atoms with E-state index in [1.165, 1.54) is 0 Å². The molecule has 3 rings (SSSR count). The Balaban J connectivity index is 1.59. The third-order valence-corrected chi connectivity index (χ3v) is 4.96. The van der Waals surface area contributed by atoms with Crippen molar-refractivity contribution in [3.05, 3.63) is 47.8 Å². The van der Waals surface area contributed by atoms with Gasteiger partial charge in [-0.05, 0) is 38.4 Å². The van der Waals surface area contributed by atoms with E-state index < -0.39 is 5.97 Å². The van der Waals surface area contributed by atoms with E-state index in [1.54, 1.807) is 10.9 Å². The molecule has 1 aromatic carbocycles. The van der Waals surface area contributed by atoms with Crippen molar-refractivity contribution in [3.8, 4) is 5.69 Å². The Morgan fingerprint density at radius 2 is 2.00 bits per heavy atom. The summed E-state index contributed by atoms with van der Waals surface area (Å²) in [6, 6.07) is 9.99. The van der Waals surface area contributed by atoms with E-state index in [9.17, 15) is 9.59 Å². The molecular formula is C19H24N4O3. The van der Waals surface area contributed by atoms with E-state index in [0.717, 1.165) is 24.2 Å². The van der Waals surface area contributed by atoms with Crippen molar-refractivity contribution in [2.75, 3.05) is 13.1 Å². The SMILES string of the molecule is CCN(CC(=O)O)C1CC(NC(=O)c2cnn(-c3ccccc3)c2C)C1. The van der Waals surface area contributed by atoms with Gasteiger partial charge in [0.25, 0.3) is 5.91 Å². The molecule has 7 nitrogen and oxygen atoms in total. The van der Waals surface area contributed by atoms with Gasteiger partial charge in [0.2, 0.25) is 0 Å². The van der Waals surface area contributed by atoms with Gasteiger partial charge in [-0.15, -0.1) is 0 Å². The molecule has 2 N–H and O–H groups in total. The van der Waals surface area contributed by atoms with Crippen LogP contribution in [-0.2, 0) is 4.79 Å². The van der Waals surface area contributed by atoms with Gasteiger partial charge < -0.3 is 10.4 Å². The van der Waals surface area contributed by atoms with Gasteiger partial charge >= 0.3 is 5.97 Å². The van der Waals surface area contributed by atoms with Gasteiger partial charge in [0, 0.05) is 12.1 Å². The van der Waals surface area contributed by atoms with Gasteiger partial charge in [0.15, 0.2) is 0 Å². The largest absolute Gasteiger partial charge is 0.480 e. The Morgan fingerprint density at radius 1 is 1.31 bits per heavy atom. The average molecular weight is 356 g/mol. The van der Waals surface area contributed by atoms with Crippen LogP contribution >= 0.6 is 0 Å². The molecule has 0 bridgehead atoms. The first kappa shape index (κ1) is 18.1. The summed E-state index contributed by atoms with van der Waals surface area (Å²) in [4.78, 5) is 25.4. The van der Waals surface area contributed by atoms with Gasteiger partial charge in [-0.2, -0.15) is 5.10 Å². The number of benzene rings is 1. The molecule has 0 aliphatic heterocycles. The number of aliphatic carboxylic acids is 1. The van der Waals surface area contributed by atoms with Crippen molar-refractivity contribution >= 4 is 11.9 Å². The lowest BCUT2D eigenvalue weighted by molar-refractivity contribution is -0.139. The standard InChI is InChI=1S/C19H24N4O3/c1-3-22(12-18(24)25)16-9-14(10-16)21-19(26)17-11-20-23(13(17)2)15-7-5-4-6-8-15/h4-8,11,14,16H,3,9-10,12H2,1-2H3,(H,21,26)(H,24,25). The summed E-state index contributed by atoms with van der Waals surface area (Å²) in [5.41, 5.74) is 2.28. The van der Waals surface area contributed by atoms with Crippen LogP contribution in [0.15, 0.2) is 36.5 Å². The van der Waals surface area contributed by atoms with Crippen LogP contribution in [0, 0.1) is 6.92 Å². The van der Waals surface area contributed by atoms with Gasteiger partial charge in [-0.3, -0.25) is 14.5 Å². The highest BCUT2D eigenvalue weighted by Gasteiger charge is 2.35. The van der Waals surface area contributed by atoms with Crippen molar-refractivity contribution in [2.45, 2.75) is 38.8 Å². The molecule has 0 spiro atoms. The Kier molecular flexibility index (Phi) is 5.37. The summed E-state index contributed by atoms with van der Waals surface area (Å²) < 4.78 is 1.75. The number of aromatic nitrogens is 2. The number of hydrogen-bond acceptors (Lipinski definition) is 4. The zero-order valence-corrected chi connectivity index (χ0v) is 15.1. The van der Waals surface area contributed by atoms with Crippen LogP contribution < -0.4 is 5.32 Å². The number of nitrogens with zero attached hydrogens (tertiary/aromatic N) is 3. The first-order chi connectivity index (χ1) is 12.5. The number of nitrogens with one attached hydrogen (secondary N) is 1. The van der Waals surface area contributed by atoms with Crippen molar-refractivity contribution < 1.29 is 14.7 Å². The van der Waals surface area contributed by atoms with E-state index in [4.69, 9.17) is 5.11 Å². The fourth-order valence-corrected chi connectivity index (χ4v) is 3.40. The second kappa shape index (κ2) is 7.70. The predicted octanol–water partition coefficient (Wildman–Crippen LogP) is 1.85. The minimum Gasteiger partial charge on any atom is -0.480 e. The smallest absolute Gasteiger partial charge is 0.317 e. The minimum absolute atomic E-state index is 0.0464. The molecule has 1 aromatic heterocycles. The molecule has 1 saturated carbocycles. The molecule has 1 heterocycles. The monoisotopic (exact) mass is 356 g/mol. The van der Waals surface area contributed by atoms with Crippen molar-refractivity contribution in [1.29, 1.82) is 0 Å². The number of hydrogen-bond donors (Lipinski definition) is 2. The number of carbonyl (C=O) groups is 2. The number of para-hydroxylation sites is 1. The molecule has 0 unspecified atom stereocenters. The average Bonchev–Trinajstić information content (AvgIpc) is 2.98. The zero-order chi connectivity index (χ0) is 18.7. The first-order valence-corrected chi connectivity index (χ1v) is 8.86.